The third-order valence-corrected chi connectivity index (χ3v) is 4.79. The van der Waals surface area contributed by atoms with E-state index in [1.54, 1.807) is 0 Å². The largest absolute Gasteiger partial charge is 0.494 e. The first-order valence-electron chi connectivity index (χ1n) is 9.73. The number of anilines is 5. The van der Waals surface area contributed by atoms with Crippen LogP contribution in [-0.4, -0.2) is 34.6 Å². The van der Waals surface area contributed by atoms with E-state index in [0.717, 1.165) is 43.1 Å². The third kappa shape index (κ3) is 5.64. The average Bonchev–Trinajstić information content (AvgIpc) is 3.26. The van der Waals surface area contributed by atoms with E-state index in [9.17, 15) is 0 Å². The molecule has 0 radical (unpaired) electrons. The van der Waals surface area contributed by atoms with Gasteiger partial charge in [0.25, 0.3) is 0 Å². The molecule has 4 rings (SSSR count). The van der Waals surface area contributed by atoms with Crippen molar-refractivity contribution in [1.82, 2.24) is 15.0 Å². The molecule has 3 aromatic rings. The van der Waals surface area contributed by atoms with E-state index >= 15 is 0 Å². The van der Waals surface area contributed by atoms with Crippen LogP contribution in [0.3, 0.4) is 0 Å². The molecule has 0 spiro atoms. The van der Waals surface area contributed by atoms with E-state index in [1.807, 2.05) is 55.5 Å². The minimum atomic E-state index is 0. The summed E-state index contributed by atoms with van der Waals surface area (Å²) in [4.78, 5) is 16.0. The highest BCUT2D eigenvalue weighted by Crippen LogP contribution is 2.24. The molecule has 2 aromatic carbocycles. The zero-order chi connectivity index (χ0) is 20.1. The molecule has 1 fully saturated rings. The molecular weight excluding hydrogens is 423 g/mol. The number of aromatic nitrogens is 3. The molecule has 0 aliphatic carbocycles. The Morgan fingerprint density at radius 2 is 1.40 bits per heavy atom. The minimum absolute atomic E-state index is 0. The normalized spacial score (nSPS) is 12.9. The Kier molecular flexibility index (Phi) is 7.54. The molecule has 1 saturated heterocycles. The van der Waals surface area contributed by atoms with Crippen molar-refractivity contribution in [3.05, 3.63) is 53.6 Å². The van der Waals surface area contributed by atoms with Crippen molar-refractivity contribution in [2.45, 2.75) is 19.8 Å². The molecular formula is C21H24Cl2N6O. The van der Waals surface area contributed by atoms with Crippen molar-refractivity contribution in [1.29, 1.82) is 0 Å². The number of halogens is 2. The van der Waals surface area contributed by atoms with Crippen LogP contribution in [0.1, 0.15) is 19.8 Å². The van der Waals surface area contributed by atoms with Gasteiger partial charge in [-0.15, -0.1) is 12.4 Å². The summed E-state index contributed by atoms with van der Waals surface area (Å²) < 4.78 is 5.50. The van der Waals surface area contributed by atoms with Crippen LogP contribution in [0.15, 0.2) is 48.5 Å². The van der Waals surface area contributed by atoms with E-state index in [-0.39, 0.29) is 12.4 Å². The van der Waals surface area contributed by atoms with Crippen molar-refractivity contribution >= 4 is 53.2 Å². The van der Waals surface area contributed by atoms with Gasteiger partial charge in [-0.2, -0.15) is 15.0 Å². The maximum atomic E-state index is 5.98. The van der Waals surface area contributed by atoms with Crippen LogP contribution in [0.25, 0.3) is 0 Å². The summed E-state index contributed by atoms with van der Waals surface area (Å²) in [6.07, 6.45) is 2.29. The molecule has 0 unspecified atom stereocenters. The van der Waals surface area contributed by atoms with Gasteiger partial charge in [-0.1, -0.05) is 11.6 Å². The smallest absolute Gasteiger partial charge is 0.233 e. The van der Waals surface area contributed by atoms with Crippen LogP contribution in [0.5, 0.6) is 5.75 Å². The van der Waals surface area contributed by atoms with Crippen LogP contribution < -0.4 is 20.3 Å². The van der Waals surface area contributed by atoms with Crippen molar-refractivity contribution in [3.8, 4) is 5.75 Å². The number of hydrogen-bond donors (Lipinski definition) is 2. The van der Waals surface area contributed by atoms with E-state index < -0.39 is 0 Å². The number of benzene rings is 2. The fourth-order valence-electron chi connectivity index (χ4n) is 3.13. The third-order valence-electron chi connectivity index (χ3n) is 4.53. The molecule has 1 aliphatic rings. The minimum Gasteiger partial charge on any atom is -0.494 e. The first kappa shape index (κ1) is 21.9. The van der Waals surface area contributed by atoms with Crippen LogP contribution in [0.4, 0.5) is 29.2 Å². The van der Waals surface area contributed by atoms with E-state index in [2.05, 4.69) is 30.5 Å². The molecule has 2 N–H and O–H groups in total. The fourth-order valence-corrected chi connectivity index (χ4v) is 3.25. The fraction of sp³-hybridized carbons (Fsp3) is 0.286. The number of nitrogens with one attached hydrogen (secondary N) is 2. The Morgan fingerprint density at radius 3 is 1.93 bits per heavy atom. The lowest BCUT2D eigenvalue weighted by Gasteiger charge is -2.17. The van der Waals surface area contributed by atoms with Crippen LogP contribution >= 0.6 is 24.0 Å². The molecule has 0 saturated carbocycles. The zero-order valence-corrected chi connectivity index (χ0v) is 18.2. The van der Waals surface area contributed by atoms with E-state index in [0.29, 0.717) is 29.5 Å². The number of rotatable bonds is 7. The molecule has 0 bridgehead atoms. The number of nitrogens with zero attached hydrogens (tertiary/aromatic N) is 4. The van der Waals surface area contributed by atoms with E-state index in [1.165, 1.54) is 0 Å². The Hall–Kier alpha value is -2.77. The van der Waals surface area contributed by atoms with Gasteiger partial charge in [-0.05, 0) is 68.3 Å². The quantitative estimate of drug-likeness (QED) is 0.500. The Bertz CT molecular complexity index is 947. The summed E-state index contributed by atoms with van der Waals surface area (Å²) in [6.45, 7) is 4.50. The van der Waals surface area contributed by atoms with Gasteiger partial charge in [0.05, 0.1) is 6.61 Å². The summed E-state index contributed by atoms with van der Waals surface area (Å²) in [6, 6.07) is 15.1. The lowest BCUT2D eigenvalue weighted by molar-refractivity contribution is 0.340. The highest BCUT2D eigenvalue weighted by atomic mass is 35.5. The van der Waals surface area contributed by atoms with Gasteiger partial charge in [0.1, 0.15) is 5.75 Å². The van der Waals surface area contributed by atoms with Crippen molar-refractivity contribution < 1.29 is 4.74 Å². The lowest BCUT2D eigenvalue weighted by Crippen LogP contribution is -2.21. The Balaban J connectivity index is 0.00000256. The monoisotopic (exact) mass is 446 g/mol. The van der Waals surface area contributed by atoms with Gasteiger partial charge in [-0.25, -0.2) is 0 Å². The zero-order valence-electron chi connectivity index (χ0n) is 16.6. The van der Waals surface area contributed by atoms with Crippen molar-refractivity contribution in [2.75, 3.05) is 35.2 Å². The molecule has 1 aliphatic heterocycles. The van der Waals surface area contributed by atoms with Gasteiger partial charge in [0.2, 0.25) is 17.8 Å². The summed E-state index contributed by atoms with van der Waals surface area (Å²) in [5.74, 6) is 2.47. The molecule has 1 aromatic heterocycles. The summed E-state index contributed by atoms with van der Waals surface area (Å²) >= 11 is 5.98. The van der Waals surface area contributed by atoms with Gasteiger partial charge in [0, 0.05) is 29.5 Å². The maximum Gasteiger partial charge on any atom is 0.233 e. The Labute approximate surface area is 187 Å². The van der Waals surface area contributed by atoms with Gasteiger partial charge in [0.15, 0.2) is 0 Å². The van der Waals surface area contributed by atoms with Crippen molar-refractivity contribution in [2.24, 2.45) is 0 Å². The lowest BCUT2D eigenvalue weighted by atomic mass is 10.3. The van der Waals surface area contributed by atoms with Crippen LogP contribution in [0.2, 0.25) is 5.02 Å². The molecule has 158 valence electrons. The second kappa shape index (κ2) is 10.3. The van der Waals surface area contributed by atoms with Crippen molar-refractivity contribution in [3.63, 3.8) is 0 Å². The highest BCUT2D eigenvalue weighted by molar-refractivity contribution is 6.30. The summed E-state index contributed by atoms with van der Waals surface area (Å²) in [7, 11) is 0. The second-order valence-corrected chi connectivity index (χ2v) is 7.13. The topological polar surface area (TPSA) is 75.2 Å². The summed E-state index contributed by atoms with van der Waals surface area (Å²) in [5.41, 5.74) is 1.74. The number of ether oxygens (including phenoxy) is 1. The Morgan fingerprint density at radius 1 is 0.867 bits per heavy atom. The predicted octanol–water partition coefficient (Wildman–Crippen LogP) is 5.43. The maximum absolute atomic E-state index is 5.98. The van der Waals surface area contributed by atoms with E-state index in [4.69, 9.17) is 16.3 Å². The molecule has 0 atom stereocenters. The van der Waals surface area contributed by atoms with Gasteiger partial charge >= 0.3 is 0 Å². The molecule has 2 heterocycles. The van der Waals surface area contributed by atoms with Crippen LogP contribution in [-0.2, 0) is 0 Å². The standard InChI is InChI=1S/C21H23ClN6O.ClH/c1-2-29-18-11-9-17(10-12-18)24-20-25-19(23-16-7-5-15(22)6-8-16)26-21(27-20)28-13-3-4-14-28;/h5-12H,2-4,13-14H2,1H3,(H2,23,24,25,26,27);1H. The predicted molar refractivity (Wildman–Crippen MR) is 124 cm³/mol. The van der Waals surface area contributed by atoms with Gasteiger partial charge < -0.3 is 20.3 Å². The van der Waals surface area contributed by atoms with Gasteiger partial charge in [-0.3, -0.25) is 0 Å². The average molecular weight is 447 g/mol. The first-order chi connectivity index (χ1) is 14.2. The van der Waals surface area contributed by atoms with Crippen LogP contribution in [0, 0.1) is 0 Å². The highest BCUT2D eigenvalue weighted by Gasteiger charge is 2.17. The molecule has 0 amide bonds. The molecule has 9 heteroatoms. The first-order valence-corrected chi connectivity index (χ1v) is 10.1. The second-order valence-electron chi connectivity index (χ2n) is 6.69. The summed E-state index contributed by atoms with van der Waals surface area (Å²) in [5, 5.41) is 7.19. The number of hydrogen-bond acceptors (Lipinski definition) is 7. The SMILES string of the molecule is CCOc1ccc(Nc2nc(Nc3ccc(Cl)cc3)nc(N3CCCC3)n2)cc1.Cl. The molecule has 30 heavy (non-hydrogen) atoms. The molecule has 7 nitrogen and oxygen atoms in total.